The van der Waals surface area contributed by atoms with Crippen LogP contribution in [0.2, 0.25) is 0 Å². The van der Waals surface area contributed by atoms with Gasteiger partial charge in [-0.15, -0.1) is 5.10 Å². The van der Waals surface area contributed by atoms with Gasteiger partial charge in [0.15, 0.2) is 11.5 Å². The maximum absolute atomic E-state index is 13.2. The van der Waals surface area contributed by atoms with Gasteiger partial charge in [-0.1, -0.05) is 18.2 Å². The van der Waals surface area contributed by atoms with Gasteiger partial charge in [-0.3, -0.25) is 0 Å². The summed E-state index contributed by atoms with van der Waals surface area (Å²) < 4.78 is 42.4. The number of fused-ring (bicyclic) bond motifs is 2. The monoisotopic (exact) mass is 372 g/mol. The summed E-state index contributed by atoms with van der Waals surface area (Å²) in [6, 6.07) is 9.25. The highest BCUT2D eigenvalue weighted by atomic mass is 19.4. The maximum Gasteiger partial charge on any atom is 0.453 e. The van der Waals surface area contributed by atoms with Crippen molar-refractivity contribution in [3.63, 3.8) is 0 Å². The van der Waals surface area contributed by atoms with E-state index in [1.54, 1.807) is 16.9 Å². The molecule has 0 aliphatic carbocycles. The summed E-state index contributed by atoms with van der Waals surface area (Å²) in [5, 5.41) is 9.05. The minimum Gasteiger partial charge on any atom is -0.371 e. The number of aromatic nitrogens is 5. The highest BCUT2D eigenvalue weighted by Gasteiger charge is 2.37. The average molecular weight is 372 g/mol. The van der Waals surface area contributed by atoms with Crippen molar-refractivity contribution in [3.8, 4) is 5.82 Å². The Labute approximate surface area is 151 Å². The first-order chi connectivity index (χ1) is 12.9. The molecule has 0 unspecified atom stereocenters. The molecule has 4 heterocycles. The lowest BCUT2D eigenvalue weighted by Crippen LogP contribution is -2.37. The van der Waals surface area contributed by atoms with E-state index in [2.05, 4.69) is 20.1 Å². The Bertz CT molecular complexity index is 1170. The molecule has 0 bridgehead atoms. The number of aryl methyl sites for hydroxylation is 1. The molecule has 1 aliphatic heterocycles. The van der Waals surface area contributed by atoms with Crippen molar-refractivity contribution in [2.24, 2.45) is 0 Å². The minimum absolute atomic E-state index is 0.152. The molecule has 0 amide bonds. The number of para-hydroxylation sites is 1. The number of hydrogen-bond acceptors (Lipinski definition) is 4. The third-order valence-electron chi connectivity index (χ3n) is 4.89. The summed E-state index contributed by atoms with van der Waals surface area (Å²) in [7, 11) is 0. The van der Waals surface area contributed by atoms with E-state index >= 15 is 0 Å². The predicted molar refractivity (Wildman–Crippen MR) is 94.2 cm³/mol. The topological polar surface area (TPSA) is 51.2 Å². The summed E-state index contributed by atoms with van der Waals surface area (Å²) in [6.45, 7) is 3.68. The smallest absolute Gasteiger partial charge is 0.371 e. The first-order valence-electron chi connectivity index (χ1n) is 8.58. The van der Waals surface area contributed by atoms with Crippen molar-refractivity contribution in [2.45, 2.75) is 19.5 Å². The molecule has 27 heavy (non-hydrogen) atoms. The molecule has 5 rings (SSSR count). The van der Waals surface area contributed by atoms with Crippen molar-refractivity contribution in [2.75, 3.05) is 18.0 Å². The second-order valence-electron chi connectivity index (χ2n) is 6.68. The van der Waals surface area contributed by atoms with Gasteiger partial charge in [0.25, 0.3) is 5.82 Å². The van der Waals surface area contributed by atoms with E-state index in [9.17, 15) is 13.2 Å². The van der Waals surface area contributed by atoms with Crippen molar-refractivity contribution in [1.29, 1.82) is 0 Å². The van der Waals surface area contributed by atoms with Gasteiger partial charge >= 0.3 is 6.18 Å². The summed E-state index contributed by atoms with van der Waals surface area (Å²) >= 11 is 0. The van der Waals surface area contributed by atoms with E-state index < -0.39 is 12.0 Å². The van der Waals surface area contributed by atoms with Crippen LogP contribution in [0.15, 0.2) is 36.5 Å². The number of hydrogen-bond donors (Lipinski definition) is 0. The second-order valence-corrected chi connectivity index (χ2v) is 6.68. The minimum atomic E-state index is -4.61. The largest absolute Gasteiger partial charge is 0.453 e. The summed E-state index contributed by atoms with van der Waals surface area (Å²) in [6.07, 6.45) is -1.85. The highest BCUT2D eigenvalue weighted by molar-refractivity contribution is 5.83. The van der Waals surface area contributed by atoms with Crippen LogP contribution in [0.4, 0.5) is 18.9 Å². The van der Waals surface area contributed by atoms with Crippen LogP contribution in [0.1, 0.15) is 17.8 Å². The van der Waals surface area contributed by atoms with Gasteiger partial charge < -0.3 is 4.90 Å². The van der Waals surface area contributed by atoms with Crippen LogP contribution in [0.3, 0.4) is 0 Å². The molecule has 0 atom stereocenters. The van der Waals surface area contributed by atoms with Gasteiger partial charge in [-0.05, 0) is 18.9 Å². The standard InChI is InChI=1S/C18H15F3N6/c1-11-4-2-5-12-10-22-27(16(11)12)15-9-13(25-6-3-7-25)8-14-23-17(18(19,20)21)24-26(14)15/h2,4-5,8-10H,3,6-7H2,1H3. The lowest BCUT2D eigenvalue weighted by atomic mass is 10.1. The zero-order valence-corrected chi connectivity index (χ0v) is 14.4. The molecule has 6 nitrogen and oxygen atoms in total. The molecule has 1 aromatic carbocycles. The molecule has 1 aliphatic rings. The van der Waals surface area contributed by atoms with Crippen molar-refractivity contribution >= 4 is 22.2 Å². The van der Waals surface area contributed by atoms with Crippen LogP contribution in [0.25, 0.3) is 22.4 Å². The lowest BCUT2D eigenvalue weighted by molar-refractivity contribution is -0.144. The molecule has 0 N–H and O–H groups in total. The van der Waals surface area contributed by atoms with Crippen LogP contribution in [0.5, 0.6) is 0 Å². The maximum atomic E-state index is 13.2. The Balaban J connectivity index is 1.82. The van der Waals surface area contributed by atoms with Crippen molar-refractivity contribution < 1.29 is 13.2 Å². The number of anilines is 1. The van der Waals surface area contributed by atoms with E-state index in [0.717, 1.165) is 41.7 Å². The molecule has 4 aromatic rings. The molecule has 0 spiro atoms. The Kier molecular flexibility index (Phi) is 3.25. The fourth-order valence-corrected chi connectivity index (χ4v) is 3.41. The molecule has 0 radical (unpaired) electrons. The lowest BCUT2D eigenvalue weighted by Gasteiger charge is -2.33. The Morgan fingerprint density at radius 2 is 1.93 bits per heavy atom. The molecular formula is C18H15F3N6. The third kappa shape index (κ3) is 2.45. The average Bonchev–Trinajstić information content (AvgIpc) is 3.16. The molecular weight excluding hydrogens is 357 g/mol. The second kappa shape index (κ2) is 5.45. The molecule has 1 saturated heterocycles. The number of benzene rings is 1. The number of pyridine rings is 1. The van der Waals surface area contributed by atoms with Crippen LogP contribution in [-0.4, -0.2) is 37.5 Å². The summed E-state index contributed by atoms with van der Waals surface area (Å²) in [4.78, 5) is 5.82. The third-order valence-corrected chi connectivity index (χ3v) is 4.89. The van der Waals surface area contributed by atoms with Gasteiger partial charge in [-0.2, -0.15) is 22.8 Å². The zero-order chi connectivity index (χ0) is 18.8. The number of halogens is 3. The van der Waals surface area contributed by atoms with E-state index in [4.69, 9.17) is 0 Å². The van der Waals surface area contributed by atoms with Crippen molar-refractivity contribution in [1.82, 2.24) is 24.4 Å². The van der Waals surface area contributed by atoms with Gasteiger partial charge in [0.1, 0.15) is 0 Å². The fraction of sp³-hybridized carbons (Fsp3) is 0.278. The van der Waals surface area contributed by atoms with E-state index in [1.807, 2.05) is 31.2 Å². The first-order valence-corrected chi connectivity index (χ1v) is 8.58. The zero-order valence-electron chi connectivity index (χ0n) is 14.4. The van der Waals surface area contributed by atoms with E-state index in [-0.39, 0.29) is 5.65 Å². The number of nitrogens with zero attached hydrogens (tertiary/aromatic N) is 6. The molecule has 3 aromatic heterocycles. The predicted octanol–water partition coefficient (Wildman–Crippen LogP) is 3.61. The number of alkyl halides is 3. The fourth-order valence-electron chi connectivity index (χ4n) is 3.41. The Morgan fingerprint density at radius 1 is 1.11 bits per heavy atom. The summed E-state index contributed by atoms with van der Waals surface area (Å²) in [5.74, 6) is -0.723. The molecule has 9 heteroatoms. The van der Waals surface area contributed by atoms with E-state index in [1.165, 1.54) is 4.52 Å². The van der Waals surface area contributed by atoms with Crippen LogP contribution in [0, 0.1) is 6.92 Å². The van der Waals surface area contributed by atoms with Gasteiger partial charge in [0.05, 0.1) is 11.7 Å². The van der Waals surface area contributed by atoms with Gasteiger partial charge in [0.2, 0.25) is 0 Å². The molecule has 0 saturated carbocycles. The normalized spacial score (nSPS) is 14.9. The highest BCUT2D eigenvalue weighted by Crippen LogP contribution is 2.31. The van der Waals surface area contributed by atoms with Crippen LogP contribution < -0.4 is 4.90 Å². The Hall–Kier alpha value is -3.10. The van der Waals surface area contributed by atoms with Gasteiger partial charge in [0, 0.05) is 36.3 Å². The SMILES string of the molecule is Cc1cccc2cnn(-c3cc(N4CCC4)cc4nc(C(F)(F)F)nn34)c12. The number of rotatable bonds is 2. The van der Waals surface area contributed by atoms with Crippen molar-refractivity contribution in [3.05, 3.63) is 47.9 Å². The summed E-state index contributed by atoms with van der Waals surface area (Å²) in [5.41, 5.74) is 2.79. The van der Waals surface area contributed by atoms with E-state index in [0.29, 0.717) is 5.82 Å². The van der Waals surface area contributed by atoms with Crippen LogP contribution >= 0.6 is 0 Å². The quantitative estimate of drug-likeness (QED) is 0.539. The molecule has 1 fully saturated rings. The Morgan fingerprint density at radius 3 is 2.63 bits per heavy atom. The first kappa shape index (κ1) is 16.1. The molecule has 138 valence electrons. The van der Waals surface area contributed by atoms with Gasteiger partial charge in [-0.25, -0.2) is 9.67 Å². The van der Waals surface area contributed by atoms with Crippen LogP contribution in [-0.2, 0) is 6.18 Å².